The van der Waals surface area contributed by atoms with Gasteiger partial charge in [-0.3, -0.25) is 4.79 Å². The van der Waals surface area contributed by atoms with E-state index in [1.54, 1.807) is 0 Å². The van der Waals surface area contributed by atoms with Gasteiger partial charge in [0.1, 0.15) is 0 Å². The fourth-order valence-corrected chi connectivity index (χ4v) is 2.65. The molecule has 0 aromatic carbocycles. The van der Waals surface area contributed by atoms with Crippen LogP contribution in [0.3, 0.4) is 0 Å². The van der Waals surface area contributed by atoms with Crippen molar-refractivity contribution in [3.63, 3.8) is 0 Å². The summed E-state index contributed by atoms with van der Waals surface area (Å²) in [5, 5.41) is 8.52. The predicted octanol–water partition coefficient (Wildman–Crippen LogP) is 5.80. The van der Waals surface area contributed by atoms with Crippen LogP contribution in [0.5, 0.6) is 0 Å². The third-order valence-corrected chi connectivity index (χ3v) is 3.99. The summed E-state index contributed by atoms with van der Waals surface area (Å²) >= 11 is 0. The second-order valence-corrected chi connectivity index (χ2v) is 6.09. The van der Waals surface area contributed by atoms with Crippen LogP contribution in [-0.4, -0.2) is 86.6 Å². The third-order valence-electron chi connectivity index (χ3n) is 3.99. The number of hydrogen-bond acceptors (Lipinski definition) is 1. The Kier molecular flexibility index (Phi) is 33.0. The van der Waals surface area contributed by atoms with E-state index >= 15 is 0 Å². The Hall–Kier alpha value is 1.99. The first-order valence-electron chi connectivity index (χ1n) is 8.99. The molecule has 0 aromatic heterocycles. The molecular formula is C18H38Ca2O2. The Morgan fingerprint density at radius 2 is 0.955 bits per heavy atom. The molecule has 0 bridgehead atoms. The number of carboxylic acids is 1. The number of carboxylic acid groups (broad SMARTS) is 1. The Morgan fingerprint density at radius 1 is 0.682 bits per heavy atom. The summed E-state index contributed by atoms with van der Waals surface area (Å²) in [6.45, 7) is 2.27. The first-order valence-corrected chi connectivity index (χ1v) is 8.99. The van der Waals surface area contributed by atoms with Crippen molar-refractivity contribution in [1.82, 2.24) is 0 Å². The van der Waals surface area contributed by atoms with E-state index in [0.29, 0.717) is 6.42 Å². The molecule has 0 atom stereocenters. The minimum atomic E-state index is -0.653. The summed E-state index contributed by atoms with van der Waals surface area (Å²) in [7, 11) is 0. The molecule has 0 fully saturated rings. The van der Waals surface area contributed by atoms with Crippen molar-refractivity contribution in [2.45, 2.75) is 110 Å². The zero-order chi connectivity index (χ0) is 14.9. The summed E-state index contributed by atoms with van der Waals surface area (Å²) in [5.74, 6) is -0.653. The average Bonchev–Trinajstić information content (AvgIpc) is 2.43. The maximum Gasteiger partial charge on any atom is 2.00 e. The van der Waals surface area contributed by atoms with Crippen molar-refractivity contribution in [3.8, 4) is 0 Å². The van der Waals surface area contributed by atoms with Crippen LogP contribution >= 0.6 is 0 Å². The average molecular weight is 367 g/mol. The molecule has 0 heterocycles. The van der Waals surface area contributed by atoms with Gasteiger partial charge in [-0.25, -0.2) is 0 Å². The van der Waals surface area contributed by atoms with Gasteiger partial charge in [0.2, 0.25) is 0 Å². The molecule has 2 nitrogen and oxygen atoms in total. The van der Waals surface area contributed by atoms with Crippen molar-refractivity contribution in [2.24, 2.45) is 0 Å². The number of carbonyl (C=O) groups is 1. The second-order valence-electron chi connectivity index (χ2n) is 6.09. The van der Waals surface area contributed by atoms with Gasteiger partial charge in [-0.05, 0) is 6.42 Å². The monoisotopic (exact) mass is 366 g/mol. The predicted molar refractivity (Wildman–Crippen MR) is 101 cm³/mol. The van der Waals surface area contributed by atoms with E-state index in [-0.39, 0.29) is 78.3 Å². The van der Waals surface area contributed by atoms with Crippen LogP contribution in [0.2, 0.25) is 0 Å². The van der Waals surface area contributed by atoms with Crippen LogP contribution in [0, 0.1) is 0 Å². The summed E-state index contributed by atoms with van der Waals surface area (Å²) in [6.07, 6.45) is 20.2. The summed E-state index contributed by atoms with van der Waals surface area (Å²) in [4.78, 5) is 10.3. The van der Waals surface area contributed by atoms with Gasteiger partial charge in [0.25, 0.3) is 0 Å². The molecular weight excluding hydrogens is 328 g/mol. The van der Waals surface area contributed by atoms with Gasteiger partial charge in [0.15, 0.2) is 0 Å². The van der Waals surface area contributed by atoms with E-state index in [1.165, 1.54) is 83.5 Å². The van der Waals surface area contributed by atoms with Crippen molar-refractivity contribution in [2.75, 3.05) is 0 Å². The van der Waals surface area contributed by atoms with E-state index < -0.39 is 5.97 Å². The first-order chi connectivity index (χ1) is 9.77. The van der Waals surface area contributed by atoms with Crippen molar-refractivity contribution >= 4 is 81.4 Å². The molecule has 0 rings (SSSR count). The molecule has 0 spiro atoms. The summed E-state index contributed by atoms with van der Waals surface area (Å²) in [5.41, 5.74) is 0. The minimum absolute atomic E-state index is 0. The number of unbranched alkanes of at least 4 members (excludes halogenated alkanes) is 14. The quantitative estimate of drug-likeness (QED) is 0.277. The molecule has 0 amide bonds. The SMILES string of the molecule is CCCCCCCCCCCCCCCCCC(=O)O.[Ca+2].[Ca].[H-].[H-]. The molecule has 0 saturated heterocycles. The zero-order valence-corrected chi connectivity index (χ0v) is 19.5. The Balaban J connectivity index is -0.000000301. The van der Waals surface area contributed by atoms with Crippen LogP contribution in [0.25, 0.3) is 0 Å². The minimum Gasteiger partial charge on any atom is -1.00 e. The van der Waals surface area contributed by atoms with Crippen LogP contribution in [0.15, 0.2) is 0 Å². The molecule has 22 heavy (non-hydrogen) atoms. The molecule has 0 unspecified atom stereocenters. The molecule has 0 aliphatic rings. The smallest absolute Gasteiger partial charge is 1.00 e. The van der Waals surface area contributed by atoms with Gasteiger partial charge in [0, 0.05) is 44.2 Å². The summed E-state index contributed by atoms with van der Waals surface area (Å²) < 4.78 is 0. The number of aliphatic carboxylic acids is 1. The number of hydrogen-bond donors (Lipinski definition) is 1. The van der Waals surface area contributed by atoms with Crippen LogP contribution < -0.4 is 0 Å². The van der Waals surface area contributed by atoms with Crippen molar-refractivity contribution in [3.05, 3.63) is 0 Å². The standard InChI is InChI=1S/C18H36O2.2Ca.2H/c1-2-3-4-5-6-7-8-9-10-11-12-13-14-15-16-17-18(19)20;;;;/h2-17H2,1H3,(H,19,20);;;;/q;;+2;2*-1. The van der Waals surface area contributed by atoms with Crippen LogP contribution in [-0.2, 0) is 4.79 Å². The fraction of sp³-hybridized carbons (Fsp3) is 0.944. The van der Waals surface area contributed by atoms with E-state index in [0.717, 1.165) is 12.8 Å². The van der Waals surface area contributed by atoms with Gasteiger partial charge in [-0.1, -0.05) is 96.8 Å². The molecule has 4 heteroatoms. The topological polar surface area (TPSA) is 37.3 Å². The molecule has 0 aromatic rings. The van der Waals surface area contributed by atoms with E-state index in [2.05, 4.69) is 6.92 Å². The van der Waals surface area contributed by atoms with Gasteiger partial charge in [0.05, 0.1) is 0 Å². The van der Waals surface area contributed by atoms with Crippen LogP contribution in [0.4, 0.5) is 0 Å². The van der Waals surface area contributed by atoms with E-state index in [9.17, 15) is 4.79 Å². The Morgan fingerprint density at radius 3 is 1.23 bits per heavy atom. The van der Waals surface area contributed by atoms with Gasteiger partial charge in [-0.2, -0.15) is 0 Å². The second kappa shape index (κ2) is 25.2. The molecule has 1 N–H and O–H groups in total. The maximum absolute atomic E-state index is 10.3. The summed E-state index contributed by atoms with van der Waals surface area (Å²) in [6, 6.07) is 0. The van der Waals surface area contributed by atoms with Gasteiger partial charge >= 0.3 is 43.7 Å². The van der Waals surface area contributed by atoms with Gasteiger partial charge in [-0.15, -0.1) is 0 Å². The maximum atomic E-state index is 10.3. The Bertz CT molecular complexity index is 221. The van der Waals surface area contributed by atoms with E-state index in [1.807, 2.05) is 0 Å². The zero-order valence-electron chi connectivity index (χ0n) is 17.1. The van der Waals surface area contributed by atoms with Gasteiger partial charge < -0.3 is 7.96 Å². The van der Waals surface area contributed by atoms with Crippen molar-refractivity contribution in [1.29, 1.82) is 0 Å². The molecule has 0 saturated carbocycles. The van der Waals surface area contributed by atoms with Crippen LogP contribution in [0.1, 0.15) is 113 Å². The third kappa shape index (κ3) is 26.9. The Labute approximate surface area is 201 Å². The number of rotatable bonds is 16. The van der Waals surface area contributed by atoms with Crippen molar-refractivity contribution < 1.29 is 12.8 Å². The molecule has 126 valence electrons. The molecule has 0 aliphatic heterocycles. The first kappa shape index (κ1) is 28.8. The fourth-order valence-electron chi connectivity index (χ4n) is 2.65. The largest absolute Gasteiger partial charge is 2.00 e. The molecule has 2 radical (unpaired) electrons. The normalized spacial score (nSPS) is 9.86. The molecule has 0 aliphatic carbocycles. The van der Waals surface area contributed by atoms with E-state index in [4.69, 9.17) is 5.11 Å².